The number of alkyl halides is 1. The summed E-state index contributed by atoms with van der Waals surface area (Å²) in [7, 11) is 0. The predicted molar refractivity (Wildman–Crippen MR) is 79.9 cm³/mol. The van der Waals surface area contributed by atoms with Crippen molar-refractivity contribution in [2.24, 2.45) is 0 Å². The summed E-state index contributed by atoms with van der Waals surface area (Å²) in [6, 6.07) is -1.45. The van der Waals surface area contributed by atoms with Gasteiger partial charge in [-0.3, -0.25) is 9.59 Å². The van der Waals surface area contributed by atoms with Crippen molar-refractivity contribution in [1.29, 1.82) is 0 Å². The molecular weight excluding hydrogens is 363 g/mol. The maximum atomic E-state index is 11.7. The molecule has 0 saturated heterocycles. The van der Waals surface area contributed by atoms with Gasteiger partial charge in [0.25, 0.3) is 0 Å². The lowest BCUT2D eigenvalue weighted by molar-refractivity contribution is -0.158. The number of rotatable bonds is 5. The van der Waals surface area contributed by atoms with Crippen LogP contribution in [0, 0.1) is 0 Å². The van der Waals surface area contributed by atoms with E-state index in [1.165, 1.54) is 0 Å². The van der Waals surface area contributed by atoms with Crippen molar-refractivity contribution in [2.45, 2.75) is 52.3 Å². The molecule has 0 spiro atoms. The average molecular weight is 384 g/mol. The maximum absolute atomic E-state index is 11.7. The summed E-state index contributed by atoms with van der Waals surface area (Å²) in [6.45, 7) is 8.36. The highest BCUT2D eigenvalue weighted by molar-refractivity contribution is 14.1. The number of amides is 2. The molecule has 2 N–H and O–H groups in total. The molecule has 2 amide bonds. The van der Waals surface area contributed by atoms with Gasteiger partial charge in [-0.05, 0) is 34.6 Å². The summed E-state index contributed by atoms with van der Waals surface area (Å²) in [5.74, 6) is -1.15. The monoisotopic (exact) mass is 384 g/mol. The second kappa shape index (κ2) is 7.66. The molecule has 7 heteroatoms. The largest absolute Gasteiger partial charge is 0.458 e. The second-order valence-corrected chi connectivity index (χ2v) is 5.95. The molecule has 6 nitrogen and oxygen atoms in total. The molecule has 0 aromatic rings. The number of carbonyl (C=O) groups excluding carboxylic acids is 3. The van der Waals surface area contributed by atoms with Gasteiger partial charge in [0.05, 0.1) is 4.43 Å². The topological polar surface area (TPSA) is 84.5 Å². The van der Waals surface area contributed by atoms with Gasteiger partial charge in [-0.25, -0.2) is 4.79 Å². The van der Waals surface area contributed by atoms with Gasteiger partial charge in [0.15, 0.2) is 0 Å². The van der Waals surface area contributed by atoms with Crippen LogP contribution in [-0.4, -0.2) is 39.9 Å². The molecule has 0 aliphatic carbocycles. The van der Waals surface area contributed by atoms with Crippen LogP contribution in [0.5, 0.6) is 0 Å². The molecule has 110 valence electrons. The van der Waals surface area contributed by atoms with Gasteiger partial charge >= 0.3 is 5.97 Å². The number of halogens is 1. The number of esters is 1. The molecule has 0 rings (SSSR count). The Kier molecular flexibility index (Phi) is 7.32. The summed E-state index contributed by atoms with van der Waals surface area (Å²) in [5.41, 5.74) is -0.600. The molecule has 19 heavy (non-hydrogen) atoms. The van der Waals surface area contributed by atoms with Crippen molar-refractivity contribution in [3.63, 3.8) is 0 Å². The highest BCUT2D eigenvalue weighted by Crippen LogP contribution is 2.08. The van der Waals surface area contributed by atoms with Crippen molar-refractivity contribution in [2.75, 3.05) is 4.43 Å². The Hall–Kier alpha value is -0.860. The lowest BCUT2D eigenvalue weighted by atomic mass is 10.2. The quantitative estimate of drug-likeness (QED) is 0.417. The van der Waals surface area contributed by atoms with Crippen molar-refractivity contribution in [1.82, 2.24) is 10.6 Å². The van der Waals surface area contributed by atoms with E-state index < -0.39 is 29.6 Å². The van der Waals surface area contributed by atoms with E-state index in [-0.39, 0.29) is 10.3 Å². The Labute approximate surface area is 127 Å². The summed E-state index contributed by atoms with van der Waals surface area (Å²) in [4.78, 5) is 34.6. The summed E-state index contributed by atoms with van der Waals surface area (Å²) in [5, 5.41) is 5.01. The zero-order chi connectivity index (χ0) is 15.2. The minimum atomic E-state index is -0.759. The first-order valence-corrected chi connectivity index (χ1v) is 7.48. The van der Waals surface area contributed by atoms with E-state index >= 15 is 0 Å². The minimum Gasteiger partial charge on any atom is -0.458 e. The van der Waals surface area contributed by atoms with E-state index in [1.54, 1.807) is 34.6 Å². The van der Waals surface area contributed by atoms with Crippen LogP contribution in [0.2, 0.25) is 0 Å². The van der Waals surface area contributed by atoms with Crippen LogP contribution in [0.25, 0.3) is 0 Å². The van der Waals surface area contributed by atoms with Crippen LogP contribution in [-0.2, 0) is 19.1 Å². The van der Waals surface area contributed by atoms with Gasteiger partial charge in [0, 0.05) is 0 Å². The van der Waals surface area contributed by atoms with Crippen molar-refractivity contribution in [3.8, 4) is 0 Å². The first-order chi connectivity index (χ1) is 8.56. The minimum absolute atomic E-state index is 0.229. The fourth-order valence-corrected chi connectivity index (χ4v) is 1.35. The van der Waals surface area contributed by atoms with E-state index in [1.807, 2.05) is 22.6 Å². The van der Waals surface area contributed by atoms with Crippen LogP contribution in [0.1, 0.15) is 34.6 Å². The Balaban J connectivity index is 4.32. The van der Waals surface area contributed by atoms with Crippen LogP contribution in [0.3, 0.4) is 0 Å². The summed E-state index contributed by atoms with van der Waals surface area (Å²) in [6.07, 6.45) is 0. The lowest BCUT2D eigenvalue weighted by Gasteiger charge is -2.23. The van der Waals surface area contributed by atoms with E-state index in [9.17, 15) is 14.4 Å². The van der Waals surface area contributed by atoms with E-state index in [4.69, 9.17) is 4.74 Å². The SMILES string of the molecule is C[C@@H](NC(=O)CI)C(=O)N[C@H](C)C(=O)OC(C)(C)C. The molecular formula is C12H21IN2O4. The third-order valence-electron chi connectivity index (χ3n) is 2.01. The second-order valence-electron chi connectivity index (χ2n) is 5.19. The molecule has 0 unspecified atom stereocenters. The van der Waals surface area contributed by atoms with Crippen LogP contribution < -0.4 is 10.6 Å². The van der Waals surface area contributed by atoms with E-state index in [0.717, 1.165) is 0 Å². The Morgan fingerprint density at radius 1 is 1.11 bits per heavy atom. The molecule has 0 heterocycles. The molecule has 0 fully saturated rings. The lowest BCUT2D eigenvalue weighted by Crippen LogP contribution is -2.50. The smallest absolute Gasteiger partial charge is 0.328 e. The highest BCUT2D eigenvalue weighted by atomic mass is 127. The van der Waals surface area contributed by atoms with Crippen molar-refractivity contribution in [3.05, 3.63) is 0 Å². The first kappa shape index (κ1) is 18.1. The number of carbonyl (C=O) groups is 3. The molecule has 2 atom stereocenters. The number of ether oxygens (including phenoxy) is 1. The maximum Gasteiger partial charge on any atom is 0.328 e. The number of hydrogen-bond donors (Lipinski definition) is 2. The van der Waals surface area contributed by atoms with Crippen molar-refractivity contribution < 1.29 is 19.1 Å². The van der Waals surface area contributed by atoms with Gasteiger partial charge in [0.2, 0.25) is 11.8 Å². The van der Waals surface area contributed by atoms with Gasteiger partial charge < -0.3 is 15.4 Å². The molecule has 0 saturated carbocycles. The molecule has 0 bridgehead atoms. The summed E-state index contributed by atoms with van der Waals surface area (Å²) < 4.78 is 5.41. The standard InChI is InChI=1S/C12H21IN2O4/c1-7(14-9(16)6-13)10(17)15-8(2)11(18)19-12(3,4)5/h7-8H,6H2,1-5H3,(H,14,16)(H,15,17)/t7-,8-/m1/s1. The van der Waals surface area contributed by atoms with E-state index in [0.29, 0.717) is 0 Å². The zero-order valence-corrected chi connectivity index (χ0v) is 14.0. The van der Waals surface area contributed by atoms with Crippen LogP contribution in [0.4, 0.5) is 0 Å². The van der Waals surface area contributed by atoms with Gasteiger partial charge in [0.1, 0.15) is 17.7 Å². The summed E-state index contributed by atoms with van der Waals surface area (Å²) >= 11 is 1.90. The van der Waals surface area contributed by atoms with Crippen LogP contribution >= 0.6 is 22.6 Å². The Morgan fingerprint density at radius 2 is 1.63 bits per heavy atom. The fourth-order valence-electron chi connectivity index (χ4n) is 1.13. The fraction of sp³-hybridized carbons (Fsp3) is 0.750. The third-order valence-corrected chi connectivity index (χ3v) is 2.70. The third kappa shape index (κ3) is 8.02. The Morgan fingerprint density at radius 3 is 2.05 bits per heavy atom. The number of hydrogen-bond acceptors (Lipinski definition) is 4. The van der Waals surface area contributed by atoms with Gasteiger partial charge in [-0.2, -0.15) is 0 Å². The molecule has 0 aliphatic rings. The van der Waals surface area contributed by atoms with Gasteiger partial charge in [-0.15, -0.1) is 0 Å². The van der Waals surface area contributed by atoms with Crippen molar-refractivity contribution >= 4 is 40.4 Å². The molecule has 0 radical (unpaired) electrons. The average Bonchev–Trinajstić information content (AvgIpc) is 2.26. The number of nitrogens with one attached hydrogen (secondary N) is 2. The Bertz CT molecular complexity index is 352. The first-order valence-electron chi connectivity index (χ1n) is 5.95. The molecule has 0 aliphatic heterocycles. The van der Waals surface area contributed by atoms with E-state index in [2.05, 4.69) is 10.6 Å². The predicted octanol–water partition coefficient (Wildman–Crippen LogP) is 0.772. The van der Waals surface area contributed by atoms with Gasteiger partial charge in [-0.1, -0.05) is 22.6 Å². The molecule has 0 aromatic heterocycles. The zero-order valence-electron chi connectivity index (χ0n) is 11.9. The van der Waals surface area contributed by atoms with Crippen LogP contribution in [0.15, 0.2) is 0 Å². The normalized spacial score (nSPS) is 14.2. The molecule has 0 aromatic carbocycles. The highest BCUT2D eigenvalue weighted by Gasteiger charge is 2.25.